The molecule has 0 aromatic rings. The van der Waals surface area contributed by atoms with Gasteiger partial charge in [0.2, 0.25) is 0 Å². The molecule has 13 heavy (non-hydrogen) atoms. The van der Waals surface area contributed by atoms with Crippen LogP contribution in [0, 0.1) is 11.8 Å². The minimum Gasteiger partial charge on any atom is -0.0840 e. The van der Waals surface area contributed by atoms with E-state index in [2.05, 4.69) is 49.5 Å². The zero-order chi connectivity index (χ0) is 9.10. The largest absolute Gasteiger partial charge is 0.0840 e. The average Bonchev–Trinajstić information content (AvgIpc) is 2.14. The molecule has 0 aromatic carbocycles. The highest BCUT2D eigenvalue weighted by Crippen LogP contribution is 2.31. The van der Waals surface area contributed by atoms with Crippen molar-refractivity contribution in [3.63, 3.8) is 0 Å². The van der Waals surface area contributed by atoms with E-state index in [4.69, 9.17) is 0 Å². The Morgan fingerprint density at radius 2 is 1.92 bits per heavy atom. The summed E-state index contributed by atoms with van der Waals surface area (Å²) in [6, 6.07) is 0. The molecule has 2 unspecified atom stereocenters. The third-order valence-electron chi connectivity index (χ3n) is 2.89. The maximum Gasteiger partial charge on any atom is 0.00204 e. The van der Waals surface area contributed by atoms with E-state index in [1.807, 2.05) is 0 Å². The fourth-order valence-electron chi connectivity index (χ4n) is 2.08. The molecule has 0 bridgehead atoms. The van der Waals surface area contributed by atoms with Gasteiger partial charge in [0.05, 0.1) is 0 Å². The second-order valence-corrected chi connectivity index (χ2v) is 3.89. The fourth-order valence-corrected chi connectivity index (χ4v) is 2.08. The van der Waals surface area contributed by atoms with Crippen LogP contribution in [0.4, 0.5) is 0 Å². The lowest BCUT2D eigenvalue weighted by atomic mass is 9.81. The molecule has 0 fully saturated rings. The molecule has 2 rings (SSSR count). The van der Waals surface area contributed by atoms with E-state index in [9.17, 15) is 0 Å². The van der Waals surface area contributed by atoms with Crippen LogP contribution in [0.25, 0.3) is 0 Å². The first-order valence-corrected chi connectivity index (χ1v) is 5.08. The van der Waals surface area contributed by atoms with Crippen molar-refractivity contribution in [3.05, 3.63) is 48.1 Å². The molecule has 0 heteroatoms. The molecule has 0 nitrogen and oxygen atoms in total. The van der Waals surface area contributed by atoms with E-state index < -0.39 is 0 Å². The smallest absolute Gasteiger partial charge is 0.00204 e. The van der Waals surface area contributed by atoms with Gasteiger partial charge in [-0.3, -0.25) is 0 Å². The van der Waals surface area contributed by atoms with Gasteiger partial charge >= 0.3 is 0 Å². The molecule has 0 aliphatic heterocycles. The molecule has 68 valence electrons. The third-order valence-corrected chi connectivity index (χ3v) is 2.89. The summed E-state index contributed by atoms with van der Waals surface area (Å²) in [6.45, 7) is 2.32. The maximum absolute atomic E-state index is 2.32. The molecule has 0 saturated heterocycles. The van der Waals surface area contributed by atoms with Crippen LogP contribution >= 0.6 is 0 Å². The second kappa shape index (κ2) is 3.78. The minimum atomic E-state index is 0.657. The number of fused-ring (bicyclic) bond motifs is 1. The van der Waals surface area contributed by atoms with Crippen LogP contribution in [0.3, 0.4) is 0 Å². The Hall–Kier alpha value is -1.04. The molecule has 2 atom stereocenters. The van der Waals surface area contributed by atoms with Crippen LogP contribution in [-0.4, -0.2) is 0 Å². The van der Waals surface area contributed by atoms with Crippen molar-refractivity contribution >= 4 is 0 Å². The van der Waals surface area contributed by atoms with Gasteiger partial charge in [0.15, 0.2) is 0 Å². The Morgan fingerprint density at radius 1 is 1.08 bits per heavy atom. The first kappa shape index (κ1) is 8.55. The van der Waals surface area contributed by atoms with E-state index >= 15 is 0 Å². The predicted octanol–water partition coefficient (Wildman–Crippen LogP) is 3.64. The van der Waals surface area contributed by atoms with Crippen LogP contribution < -0.4 is 0 Å². The van der Waals surface area contributed by atoms with Crippen LogP contribution in [-0.2, 0) is 0 Å². The number of hydrogen-bond acceptors (Lipinski definition) is 0. The summed E-state index contributed by atoms with van der Waals surface area (Å²) < 4.78 is 0. The zero-order valence-corrected chi connectivity index (χ0v) is 8.11. The Balaban J connectivity index is 2.28. The summed E-state index contributed by atoms with van der Waals surface area (Å²) in [6.07, 6.45) is 18.1. The lowest BCUT2D eigenvalue weighted by Crippen LogP contribution is -2.11. The summed E-state index contributed by atoms with van der Waals surface area (Å²) in [5.74, 6) is 1.36. The van der Waals surface area contributed by atoms with Gasteiger partial charge < -0.3 is 0 Å². The standard InChI is InChI=1S/C13H16/c1-11-7-3-2-4-8-12-9-5-6-10-13(11)12/h2-6,8,10-12H,7,9H2,1H3. The number of rotatable bonds is 0. The minimum absolute atomic E-state index is 0.657. The molecule has 0 saturated carbocycles. The highest BCUT2D eigenvalue weighted by Gasteiger charge is 2.17. The lowest BCUT2D eigenvalue weighted by molar-refractivity contribution is 0.588. The van der Waals surface area contributed by atoms with Gasteiger partial charge in [-0.05, 0) is 18.8 Å². The maximum atomic E-state index is 2.32. The molecule has 0 spiro atoms. The SMILES string of the molecule is CC1CC=CC=CC2CC=CC=C12. The lowest BCUT2D eigenvalue weighted by Gasteiger charge is -2.24. The molecule has 0 radical (unpaired) electrons. The highest BCUT2D eigenvalue weighted by molar-refractivity contribution is 5.29. The van der Waals surface area contributed by atoms with Crippen molar-refractivity contribution in [2.75, 3.05) is 0 Å². The van der Waals surface area contributed by atoms with Crippen LogP contribution in [0.5, 0.6) is 0 Å². The van der Waals surface area contributed by atoms with E-state index in [0.29, 0.717) is 11.8 Å². The van der Waals surface area contributed by atoms with E-state index in [1.165, 1.54) is 12.8 Å². The summed E-state index contributed by atoms with van der Waals surface area (Å²) >= 11 is 0. The summed E-state index contributed by atoms with van der Waals surface area (Å²) in [4.78, 5) is 0. The van der Waals surface area contributed by atoms with Gasteiger partial charge in [-0.15, -0.1) is 0 Å². The van der Waals surface area contributed by atoms with Crippen molar-refractivity contribution < 1.29 is 0 Å². The van der Waals surface area contributed by atoms with Gasteiger partial charge in [0.25, 0.3) is 0 Å². The van der Waals surface area contributed by atoms with Gasteiger partial charge in [0, 0.05) is 5.92 Å². The number of allylic oxidation sites excluding steroid dienone is 8. The first-order valence-electron chi connectivity index (χ1n) is 5.08. The molecule has 2 aliphatic rings. The van der Waals surface area contributed by atoms with Crippen LogP contribution in [0.2, 0.25) is 0 Å². The average molecular weight is 172 g/mol. The van der Waals surface area contributed by atoms with Crippen molar-refractivity contribution in [1.82, 2.24) is 0 Å². The molecular formula is C13H16. The van der Waals surface area contributed by atoms with Crippen LogP contribution in [0.1, 0.15) is 19.8 Å². The normalized spacial score (nSPS) is 31.9. The molecule has 0 heterocycles. The van der Waals surface area contributed by atoms with E-state index in [1.54, 1.807) is 5.57 Å². The summed E-state index contributed by atoms with van der Waals surface area (Å²) in [7, 11) is 0. The highest BCUT2D eigenvalue weighted by atomic mass is 14.2. The molecule has 0 amide bonds. The van der Waals surface area contributed by atoms with Gasteiger partial charge in [-0.2, -0.15) is 0 Å². The van der Waals surface area contributed by atoms with E-state index in [0.717, 1.165) is 0 Å². The van der Waals surface area contributed by atoms with Crippen LogP contribution in [0.15, 0.2) is 48.1 Å². The quantitative estimate of drug-likeness (QED) is 0.523. The Morgan fingerprint density at radius 3 is 2.85 bits per heavy atom. The van der Waals surface area contributed by atoms with Gasteiger partial charge in [0.1, 0.15) is 0 Å². The van der Waals surface area contributed by atoms with Crippen molar-refractivity contribution in [2.45, 2.75) is 19.8 Å². The molecule has 0 aromatic heterocycles. The summed E-state index contributed by atoms with van der Waals surface area (Å²) in [5.41, 5.74) is 1.60. The van der Waals surface area contributed by atoms with E-state index in [-0.39, 0.29) is 0 Å². The molecule has 0 N–H and O–H groups in total. The fraction of sp³-hybridized carbons (Fsp3) is 0.385. The topological polar surface area (TPSA) is 0 Å². The predicted molar refractivity (Wildman–Crippen MR) is 57.4 cm³/mol. The van der Waals surface area contributed by atoms with Crippen molar-refractivity contribution in [2.24, 2.45) is 11.8 Å². The Bertz CT molecular complexity index is 289. The zero-order valence-electron chi connectivity index (χ0n) is 8.11. The number of hydrogen-bond donors (Lipinski definition) is 0. The van der Waals surface area contributed by atoms with Crippen molar-refractivity contribution in [3.8, 4) is 0 Å². The molecular weight excluding hydrogens is 156 g/mol. The van der Waals surface area contributed by atoms with Crippen molar-refractivity contribution in [1.29, 1.82) is 0 Å². The summed E-state index contributed by atoms with van der Waals surface area (Å²) in [5, 5.41) is 0. The first-order chi connectivity index (χ1) is 6.38. The second-order valence-electron chi connectivity index (χ2n) is 3.89. The Labute approximate surface area is 80.3 Å². The van der Waals surface area contributed by atoms with Gasteiger partial charge in [-0.1, -0.05) is 55.0 Å². The third kappa shape index (κ3) is 1.82. The van der Waals surface area contributed by atoms with Gasteiger partial charge in [-0.25, -0.2) is 0 Å². The monoisotopic (exact) mass is 172 g/mol. The molecule has 2 aliphatic carbocycles. The Kier molecular flexibility index (Phi) is 2.49.